The fourth-order valence-electron chi connectivity index (χ4n) is 4.28. The van der Waals surface area contributed by atoms with E-state index in [2.05, 4.69) is 5.32 Å². The lowest BCUT2D eigenvalue weighted by atomic mass is 9.75. The summed E-state index contributed by atoms with van der Waals surface area (Å²) in [7, 11) is 0. The van der Waals surface area contributed by atoms with Crippen molar-refractivity contribution in [2.75, 3.05) is 0 Å². The summed E-state index contributed by atoms with van der Waals surface area (Å²) in [5, 5.41) is 12.9. The van der Waals surface area contributed by atoms with E-state index in [1.165, 1.54) is 0 Å². The lowest BCUT2D eigenvalue weighted by Gasteiger charge is -2.38. The van der Waals surface area contributed by atoms with E-state index in [9.17, 15) is 14.7 Å². The van der Waals surface area contributed by atoms with Crippen molar-refractivity contribution >= 4 is 11.7 Å². The topological polar surface area (TPSA) is 79.5 Å². The van der Waals surface area contributed by atoms with Gasteiger partial charge in [-0.05, 0) is 44.1 Å². The van der Waals surface area contributed by atoms with Gasteiger partial charge < -0.3 is 14.8 Å². The minimum Gasteiger partial charge on any atom is -0.465 e. The zero-order chi connectivity index (χ0) is 19.0. The molecule has 1 heterocycles. The van der Waals surface area contributed by atoms with Gasteiger partial charge in [-0.1, -0.05) is 30.3 Å². The van der Waals surface area contributed by atoms with Gasteiger partial charge in [0.15, 0.2) is 5.78 Å². The molecule has 1 aromatic carbocycles. The number of aliphatic hydroxyl groups is 1. The Bertz CT molecular complexity index is 849. The quantitative estimate of drug-likeness (QED) is 0.850. The Kier molecular flexibility index (Phi) is 4.87. The molecule has 4 rings (SSSR count). The van der Waals surface area contributed by atoms with Crippen molar-refractivity contribution in [3.63, 3.8) is 0 Å². The largest absolute Gasteiger partial charge is 0.465 e. The number of fused-ring (bicyclic) bond motifs is 1. The smallest absolute Gasteiger partial charge is 0.255 e. The number of furan rings is 1. The number of carbonyl (C=O) groups excluding carboxylic acids is 2. The zero-order valence-corrected chi connectivity index (χ0v) is 15.5. The molecular formula is C22H25NO4. The first kappa shape index (κ1) is 18.0. The van der Waals surface area contributed by atoms with Crippen molar-refractivity contribution in [3.05, 3.63) is 58.5 Å². The van der Waals surface area contributed by atoms with Crippen LogP contribution in [-0.4, -0.2) is 28.9 Å². The number of amides is 1. The van der Waals surface area contributed by atoms with Gasteiger partial charge in [-0.3, -0.25) is 9.59 Å². The lowest BCUT2D eigenvalue weighted by Crippen LogP contribution is -2.48. The summed E-state index contributed by atoms with van der Waals surface area (Å²) in [6.45, 7) is 1.75. The van der Waals surface area contributed by atoms with Gasteiger partial charge in [-0.15, -0.1) is 0 Å². The summed E-state index contributed by atoms with van der Waals surface area (Å²) < 4.78 is 5.72. The third kappa shape index (κ3) is 3.56. The van der Waals surface area contributed by atoms with Crippen LogP contribution in [0.2, 0.25) is 0 Å². The Morgan fingerprint density at radius 2 is 2.00 bits per heavy atom. The molecule has 0 aliphatic heterocycles. The van der Waals surface area contributed by atoms with E-state index in [1.807, 2.05) is 30.3 Å². The number of aryl methyl sites for hydroxylation is 2. The van der Waals surface area contributed by atoms with Crippen LogP contribution in [0.5, 0.6) is 0 Å². The molecule has 1 aromatic heterocycles. The SMILES string of the molecule is Cc1oc2c(c1C(=O)N[C@@H](Cc1ccccc1)C1CC(O)C1)C(=O)CCC2. The maximum Gasteiger partial charge on any atom is 0.255 e. The molecule has 5 nitrogen and oxygen atoms in total. The zero-order valence-electron chi connectivity index (χ0n) is 15.5. The van der Waals surface area contributed by atoms with Crippen LogP contribution in [0.1, 0.15) is 63.5 Å². The molecule has 142 valence electrons. The fraction of sp³-hybridized carbons (Fsp3) is 0.455. The summed E-state index contributed by atoms with van der Waals surface area (Å²) in [5.74, 6) is 1.15. The van der Waals surface area contributed by atoms with Gasteiger partial charge in [0.1, 0.15) is 11.5 Å². The Labute approximate surface area is 158 Å². The molecule has 0 bridgehead atoms. The number of Topliss-reactive ketones (excluding diaryl/α,β-unsaturated/α-hetero) is 1. The van der Waals surface area contributed by atoms with E-state index in [0.29, 0.717) is 54.8 Å². The first-order valence-electron chi connectivity index (χ1n) is 9.71. The van der Waals surface area contributed by atoms with Crippen LogP contribution in [0.15, 0.2) is 34.7 Å². The van der Waals surface area contributed by atoms with Crippen LogP contribution in [-0.2, 0) is 12.8 Å². The van der Waals surface area contributed by atoms with Crippen molar-refractivity contribution in [2.24, 2.45) is 5.92 Å². The normalized spacial score (nSPS) is 22.7. The maximum absolute atomic E-state index is 13.1. The van der Waals surface area contributed by atoms with Crippen molar-refractivity contribution in [1.82, 2.24) is 5.32 Å². The molecule has 27 heavy (non-hydrogen) atoms. The Morgan fingerprint density at radius 3 is 2.70 bits per heavy atom. The molecule has 0 radical (unpaired) electrons. The lowest BCUT2D eigenvalue weighted by molar-refractivity contribution is 0.0239. The van der Waals surface area contributed by atoms with Gasteiger partial charge >= 0.3 is 0 Å². The van der Waals surface area contributed by atoms with Gasteiger partial charge in [0.05, 0.1) is 17.2 Å². The molecule has 5 heteroatoms. The number of aliphatic hydroxyl groups excluding tert-OH is 1. The van der Waals surface area contributed by atoms with Crippen LogP contribution >= 0.6 is 0 Å². The molecule has 0 spiro atoms. The van der Waals surface area contributed by atoms with E-state index in [4.69, 9.17) is 4.42 Å². The molecule has 1 fully saturated rings. The number of nitrogens with one attached hydrogen (secondary N) is 1. The number of ketones is 1. The Balaban J connectivity index is 1.57. The van der Waals surface area contributed by atoms with E-state index >= 15 is 0 Å². The van der Waals surface area contributed by atoms with Gasteiger partial charge in [0.2, 0.25) is 0 Å². The number of carbonyl (C=O) groups is 2. The molecule has 1 saturated carbocycles. The van der Waals surface area contributed by atoms with Crippen molar-refractivity contribution in [1.29, 1.82) is 0 Å². The van der Waals surface area contributed by atoms with E-state index in [-0.39, 0.29) is 29.8 Å². The molecule has 1 atom stereocenters. The van der Waals surface area contributed by atoms with Crippen molar-refractivity contribution < 1.29 is 19.1 Å². The van der Waals surface area contributed by atoms with Crippen LogP contribution in [0.25, 0.3) is 0 Å². The summed E-state index contributed by atoms with van der Waals surface area (Å²) in [6.07, 6.45) is 3.76. The van der Waals surface area contributed by atoms with Gasteiger partial charge in [0, 0.05) is 18.9 Å². The number of rotatable bonds is 5. The Hall–Kier alpha value is -2.40. The highest BCUT2D eigenvalue weighted by Crippen LogP contribution is 2.33. The summed E-state index contributed by atoms with van der Waals surface area (Å²) >= 11 is 0. The van der Waals surface area contributed by atoms with E-state index < -0.39 is 0 Å². The number of benzene rings is 1. The standard InChI is InChI=1S/C22H25NO4/c1-13-20(21-18(25)8-5-9-19(21)27-13)22(26)23-17(15-11-16(24)12-15)10-14-6-3-2-4-7-14/h2-4,6-7,15-17,24H,5,8-12H2,1H3,(H,23,26)/t15?,16?,17-/m0/s1. The van der Waals surface area contributed by atoms with Crippen LogP contribution in [0.4, 0.5) is 0 Å². The van der Waals surface area contributed by atoms with Gasteiger partial charge in [-0.2, -0.15) is 0 Å². The van der Waals surface area contributed by atoms with Gasteiger partial charge in [-0.25, -0.2) is 0 Å². The highest BCUT2D eigenvalue weighted by Gasteiger charge is 2.37. The molecule has 2 aliphatic carbocycles. The summed E-state index contributed by atoms with van der Waals surface area (Å²) in [5.41, 5.74) is 2.02. The molecule has 2 aliphatic rings. The summed E-state index contributed by atoms with van der Waals surface area (Å²) in [4.78, 5) is 25.5. The monoisotopic (exact) mass is 367 g/mol. The average Bonchev–Trinajstić information content (AvgIpc) is 2.97. The molecule has 0 saturated heterocycles. The van der Waals surface area contributed by atoms with Crippen molar-refractivity contribution in [3.8, 4) is 0 Å². The minimum atomic E-state index is -0.282. The van der Waals surface area contributed by atoms with Gasteiger partial charge in [0.25, 0.3) is 5.91 Å². The average molecular weight is 367 g/mol. The Morgan fingerprint density at radius 1 is 1.26 bits per heavy atom. The maximum atomic E-state index is 13.1. The molecule has 2 aromatic rings. The fourth-order valence-corrected chi connectivity index (χ4v) is 4.28. The minimum absolute atomic E-state index is 0.00285. The van der Waals surface area contributed by atoms with E-state index in [1.54, 1.807) is 6.92 Å². The van der Waals surface area contributed by atoms with Crippen LogP contribution in [0.3, 0.4) is 0 Å². The second-order valence-corrected chi connectivity index (χ2v) is 7.76. The second kappa shape index (κ2) is 7.31. The number of hydrogen-bond donors (Lipinski definition) is 2. The predicted octanol–water partition coefficient (Wildman–Crippen LogP) is 3.22. The predicted molar refractivity (Wildman–Crippen MR) is 101 cm³/mol. The molecular weight excluding hydrogens is 342 g/mol. The first-order chi connectivity index (χ1) is 13.0. The highest BCUT2D eigenvalue weighted by atomic mass is 16.3. The highest BCUT2D eigenvalue weighted by molar-refractivity contribution is 6.10. The van der Waals surface area contributed by atoms with Crippen molar-refractivity contribution in [2.45, 2.75) is 57.6 Å². The number of hydrogen-bond acceptors (Lipinski definition) is 4. The van der Waals surface area contributed by atoms with Crippen LogP contribution in [0, 0.1) is 12.8 Å². The molecule has 2 N–H and O–H groups in total. The third-order valence-electron chi connectivity index (χ3n) is 5.80. The third-order valence-corrected chi connectivity index (χ3v) is 5.80. The molecule has 1 amide bonds. The summed E-state index contributed by atoms with van der Waals surface area (Å²) in [6, 6.07) is 9.95. The van der Waals surface area contributed by atoms with Crippen LogP contribution < -0.4 is 5.32 Å². The second-order valence-electron chi connectivity index (χ2n) is 7.76. The molecule has 0 unspecified atom stereocenters. The first-order valence-corrected chi connectivity index (χ1v) is 9.71. The van der Waals surface area contributed by atoms with E-state index in [0.717, 1.165) is 12.0 Å².